The van der Waals surface area contributed by atoms with E-state index in [1.54, 1.807) is 6.07 Å². The molecule has 0 bridgehead atoms. The zero-order valence-electron chi connectivity index (χ0n) is 10.6. The third-order valence-corrected chi connectivity index (χ3v) is 2.26. The molecule has 0 radical (unpaired) electrons. The number of aromatic nitrogens is 2. The number of nitrogen functional groups attached to an aromatic ring is 1. The first-order chi connectivity index (χ1) is 8.61. The van der Waals surface area contributed by atoms with E-state index in [0.717, 1.165) is 25.9 Å². The van der Waals surface area contributed by atoms with Crippen molar-refractivity contribution in [2.75, 3.05) is 29.5 Å². The van der Waals surface area contributed by atoms with Gasteiger partial charge >= 0.3 is 0 Å². The molecule has 0 atom stereocenters. The first-order valence-corrected chi connectivity index (χ1v) is 6.02. The van der Waals surface area contributed by atoms with Gasteiger partial charge in [0.1, 0.15) is 11.6 Å². The van der Waals surface area contributed by atoms with Gasteiger partial charge in [-0.3, -0.25) is 4.79 Å². The van der Waals surface area contributed by atoms with Crippen LogP contribution in [0.5, 0.6) is 0 Å². The zero-order valence-corrected chi connectivity index (χ0v) is 10.6. The van der Waals surface area contributed by atoms with Crippen LogP contribution in [0.4, 0.5) is 17.6 Å². The minimum absolute atomic E-state index is 0.230. The summed E-state index contributed by atoms with van der Waals surface area (Å²) in [6.07, 6.45) is 2.03. The second-order valence-corrected chi connectivity index (χ2v) is 3.88. The highest BCUT2D eigenvalue weighted by molar-refractivity contribution is 5.73. The second kappa shape index (κ2) is 7.31. The Bertz CT molecular complexity index is 395. The Kier molecular flexibility index (Phi) is 5.69. The van der Waals surface area contributed by atoms with Crippen molar-refractivity contribution in [2.45, 2.75) is 26.2 Å². The van der Waals surface area contributed by atoms with Gasteiger partial charge in [0.15, 0.2) is 0 Å². The van der Waals surface area contributed by atoms with Crippen molar-refractivity contribution in [3.05, 3.63) is 6.07 Å². The Morgan fingerprint density at radius 2 is 1.94 bits per heavy atom. The van der Waals surface area contributed by atoms with E-state index in [1.165, 1.54) is 0 Å². The number of hydrogen-bond donors (Lipinski definition) is 4. The lowest BCUT2D eigenvalue weighted by atomic mass is 10.2. The summed E-state index contributed by atoms with van der Waals surface area (Å²) in [4.78, 5) is 18.7. The highest BCUT2D eigenvalue weighted by Gasteiger charge is 2.01. The number of carbonyl (C=O) groups excluding carboxylic acids is 1. The van der Waals surface area contributed by atoms with Gasteiger partial charge in [0.05, 0.1) is 0 Å². The molecule has 0 aromatic carbocycles. The molecular formula is C11H20N6O. The molecule has 7 heteroatoms. The van der Waals surface area contributed by atoms with Crippen molar-refractivity contribution >= 4 is 23.5 Å². The average Bonchev–Trinajstić information content (AvgIpc) is 2.28. The fourth-order valence-corrected chi connectivity index (χ4v) is 1.47. The lowest BCUT2D eigenvalue weighted by Gasteiger charge is -2.08. The van der Waals surface area contributed by atoms with E-state index >= 15 is 0 Å². The number of amides is 1. The molecule has 100 valence electrons. The maximum Gasteiger partial charge on any atom is 0.223 e. The summed E-state index contributed by atoms with van der Waals surface area (Å²) in [6, 6.07) is 1.80. The number of unbranched alkanes of at least 4 members (excludes halogenated alkanes) is 1. The van der Waals surface area contributed by atoms with Crippen LogP contribution >= 0.6 is 0 Å². The fraction of sp³-hybridized carbons (Fsp3) is 0.545. The van der Waals surface area contributed by atoms with Crippen LogP contribution in [0.15, 0.2) is 6.07 Å². The Balaban J connectivity index is 2.39. The largest absolute Gasteiger partial charge is 0.370 e. The van der Waals surface area contributed by atoms with Crippen LogP contribution in [0, 0.1) is 0 Å². The third kappa shape index (κ3) is 5.33. The molecule has 0 aliphatic heterocycles. The summed E-state index contributed by atoms with van der Waals surface area (Å²) >= 11 is 0. The van der Waals surface area contributed by atoms with Crippen LogP contribution in [-0.4, -0.2) is 29.0 Å². The Morgan fingerprint density at radius 3 is 2.56 bits per heavy atom. The number of nitrogens with zero attached hydrogens (tertiary/aromatic N) is 2. The minimum atomic E-state index is -0.268. The quantitative estimate of drug-likeness (QED) is 0.502. The molecule has 1 aromatic rings. The first kappa shape index (κ1) is 14.0. The van der Waals surface area contributed by atoms with E-state index in [4.69, 9.17) is 11.5 Å². The summed E-state index contributed by atoms with van der Waals surface area (Å²) in [7, 11) is 0. The van der Waals surface area contributed by atoms with Gasteiger partial charge in [-0.05, 0) is 19.8 Å². The predicted octanol–water partition coefficient (Wildman–Crippen LogP) is 0.558. The van der Waals surface area contributed by atoms with Crippen LogP contribution in [0.1, 0.15) is 26.2 Å². The van der Waals surface area contributed by atoms with E-state index in [2.05, 4.69) is 20.6 Å². The van der Waals surface area contributed by atoms with Crippen molar-refractivity contribution < 1.29 is 4.79 Å². The van der Waals surface area contributed by atoms with Gasteiger partial charge in [0.2, 0.25) is 11.9 Å². The number of anilines is 3. The molecule has 0 aliphatic rings. The lowest BCUT2D eigenvalue weighted by molar-refractivity contribution is -0.118. The molecule has 0 aliphatic carbocycles. The van der Waals surface area contributed by atoms with Crippen molar-refractivity contribution in [2.24, 2.45) is 5.73 Å². The molecule has 7 nitrogen and oxygen atoms in total. The lowest BCUT2D eigenvalue weighted by Crippen LogP contribution is -2.11. The van der Waals surface area contributed by atoms with Crippen LogP contribution < -0.4 is 22.1 Å². The van der Waals surface area contributed by atoms with E-state index in [9.17, 15) is 4.79 Å². The van der Waals surface area contributed by atoms with Gasteiger partial charge in [-0.1, -0.05) is 0 Å². The maximum absolute atomic E-state index is 10.6. The number of rotatable bonds is 8. The van der Waals surface area contributed by atoms with Crippen LogP contribution in [0.2, 0.25) is 0 Å². The van der Waals surface area contributed by atoms with E-state index in [-0.39, 0.29) is 11.9 Å². The zero-order chi connectivity index (χ0) is 13.4. The summed E-state index contributed by atoms with van der Waals surface area (Å²) < 4.78 is 0. The predicted molar refractivity (Wildman–Crippen MR) is 72.1 cm³/mol. The summed E-state index contributed by atoms with van der Waals surface area (Å²) in [6.45, 7) is 3.47. The van der Waals surface area contributed by atoms with E-state index in [1.807, 2.05) is 6.92 Å². The molecule has 6 N–H and O–H groups in total. The molecule has 0 saturated heterocycles. The molecule has 18 heavy (non-hydrogen) atoms. The van der Waals surface area contributed by atoms with E-state index < -0.39 is 0 Å². The van der Waals surface area contributed by atoms with Crippen molar-refractivity contribution in [1.29, 1.82) is 0 Å². The number of nitrogens with one attached hydrogen (secondary N) is 2. The van der Waals surface area contributed by atoms with Crippen molar-refractivity contribution in [3.8, 4) is 0 Å². The Hall–Kier alpha value is -2.05. The van der Waals surface area contributed by atoms with Crippen molar-refractivity contribution in [3.63, 3.8) is 0 Å². The molecule has 0 saturated carbocycles. The number of hydrogen-bond acceptors (Lipinski definition) is 6. The van der Waals surface area contributed by atoms with E-state index in [0.29, 0.717) is 18.1 Å². The van der Waals surface area contributed by atoms with Gasteiger partial charge in [-0.2, -0.15) is 9.97 Å². The molecular weight excluding hydrogens is 232 g/mol. The highest BCUT2D eigenvalue weighted by Crippen LogP contribution is 2.12. The number of nitrogens with two attached hydrogens (primary N) is 2. The molecule has 1 heterocycles. The molecule has 0 unspecified atom stereocenters. The fourth-order valence-electron chi connectivity index (χ4n) is 1.47. The monoisotopic (exact) mass is 252 g/mol. The van der Waals surface area contributed by atoms with Crippen LogP contribution in [0.25, 0.3) is 0 Å². The average molecular weight is 252 g/mol. The summed E-state index contributed by atoms with van der Waals surface area (Å²) in [5.74, 6) is 1.34. The van der Waals surface area contributed by atoms with Gasteiger partial charge in [-0.15, -0.1) is 0 Å². The second-order valence-electron chi connectivity index (χ2n) is 3.88. The molecule has 0 fully saturated rings. The summed E-state index contributed by atoms with van der Waals surface area (Å²) in [5.41, 5.74) is 10.7. The smallest absolute Gasteiger partial charge is 0.223 e. The topological polar surface area (TPSA) is 119 Å². The highest BCUT2D eigenvalue weighted by atomic mass is 16.1. The van der Waals surface area contributed by atoms with Crippen molar-refractivity contribution in [1.82, 2.24) is 9.97 Å². The molecule has 1 rings (SSSR count). The number of primary amides is 1. The Labute approximate surface area is 106 Å². The van der Waals surface area contributed by atoms with Crippen LogP contribution in [-0.2, 0) is 4.79 Å². The van der Waals surface area contributed by atoms with Gasteiger partial charge in [0, 0.05) is 25.6 Å². The van der Waals surface area contributed by atoms with Crippen LogP contribution in [0.3, 0.4) is 0 Å². The minimum Gasteiger partial charge on any atom is -0.370 e. The standard InChI is InChI=1S/C11H20N6O/c1-2-14-9-7-10(17-11(13)16-9)15-6-4-3-5-8(12)18/h7H,2-6H2,1H3,(H2,12,18)(H4,13,14,15,16,17). The first-order valence-electron chi connectivity index (χ1n) is 6.02. The summed E-state index contributed by atoms with van der Waals surface area (Å²) in [5, 5.41) is 6.21. The molecule has 1 amide bonds. The van der Waals surface area contributed by atoms with Gasteiger partial charge < -0.3 is 22.1 Å². The Morgan fingerprint density at radius 1 is 1.28 bits per heavy atom. The van der Waals surface area contributed by atoms with Gasteiger partial charge in [-0.25, -0.2) is 0 Å². The third-order valence-electron chi connectivity index (χ3n) is 2.26. The molecule has 1 aromatic heterocycles. The number of carbonyl (C=O) groups is 1. The maximum atomic E-state index is 10.6. The SMILES string of the molecule is CCNc1cc(NCCCCC(N)=O)nc(N)n1. The van der Waals surface area contributed by atoms with Gasteiger partial charge in [0.25, 0.3) is 0 Å². The molecule has 0 spiro atoms. The normalized spacial score (nSPS) is 10.1.